The zero-order chi connectivity index (χ0) is 84.0. The molecule has 0 aromatic carbocycles. The number of hydrogen-bond donors (Lipinski definition) is 3. The fourth-order valence-electron chi connectivity index (χ4n) is 15.2. The summed E-state index contributed by atoms with van der Waals surface area (Å²) >= 11 is 0. The topological polar surface area (TPSA) is 237 Å². The summed E-state index contributed by atoms with van der Waals surface area (Å²) in [7, 11) is -9.94. The summed E-state index contributed by atoms with van der Waals surface area (Å²) in [6.45, 7) is 7.36. The number of carbonyl (C=O) groups excluding carboxylic acids is 4. The molecular formula is C96H188O17P2. The van der Waals surface area contributed by atoms with Crippen molar-refractivity contribution in [3.63, 3.8) is 0 Å². The number of aliphatic hydroxyl groups is 1. The van der Waals surface area contributed by atoms with E-state index < -0.39 is 97.5 Å². The number of ether oxygens (including phenoxy) is 4. The molecule has 0 rings (SSSR count). The van der Waals surface area contributed by atoms with E-state index in [-0.39, 0.29) is 25.7 Å². The first-order valence-corrected chi connectivity index (χ1v) is 52.6. The number of hydrogen-bond acceptors (Lipinski definition) is 15. The Morgan fingerprint density at radius 1 is 0.235 bits per heavy atom. The predicted octanol–water partition coefficient (Wildman–Crippen LogP) is 30.3. The van der Waals surface area contributed by atoms with Crippen molar-refractivity contribution in [2.75, 3.05) is 39.6 Å². The summed E-state index contributed by atoms with van der Waals surface area (Å²) in [5, 5.41) is 10.7. The van der Waals surface area contributed by atoms with Crippen LogP contribution in [-0.2, 0) is 65.4 Å². The van der Waals surface area contributed by atoms with Crippen LogP contribution in [0.25, 0.3) is 0 Å². The molecular weight excluding hydrogens is 1490 g/mol. The highest BCUT2D eigenvalue weighted by molar-refractivity contribution is 7.47. The van der Waals surface area contributed by atoms with Gasteiger partial charge in [-0.1, -0.05) is 478 Å². The molecule has 0 aliphatic heterocycles. The molecule has 5 atom stereocenters. The van der Waals surface area contributed by atoms with Crippen LogP contribution in [0.15, 0.2) is 0 Å². The van der Waals surface area contributed by atoms with Crippen LogP contribution in [-0.4, -0.2) is 96.7 Å². The minimum Gasteiger partial charge on any atom is -0.462 e. The van der Waals surface area contributed by atoms with Crippen molar-refractivity contribution in [1.82, 2.24) is 0 Å². The maximum atomic E-state index is 13.2. The molecule has 0 aromatic rings. The second-order valence-electron chi connectivity index (χ2n) is 34.9. The van der Waals surface area contributed by atoms with Gasteiger partial charge in [0.2, 0.25) is 0 Å². The van der Waals surface area contributed by atoms with Gasteiger partial charge in [-0.15, -0.1) is 0 Å². The van der Waals surface area contributed by atoms with Crippen molar-refractivity contribution in [2.45, 2.75) is 547 Å². The standard InChI is InChI=1S/C96H188O17P2/c1-6-9-12-15-18-21-24-27-30-33-36-39-42-44-47-50-53-56-59-64-69-74-79-93(98)106-85-91(112-95(100)81-76-71-66-61-58-55-52-49-46-43-40-37-34-31-28-25-22-19-16-13-10-7-2)87-110-114(102,103)108-83-90(97)84-109-115(104,105)111-88-92(86-107-94(99)80-75-70-67-62-63-68-73-78-89(4)5)113-96(101)82-77-72-65-60-57-54-51-48-45-41-38-35-32-29-26-23-20-17-14-11-8-3/h89-92,97H,6-88H2,1-5H3,(H,102,103)(H,104,105)/t90-,91-,92-/m1/s1. The van der Waals surface area contributed by atoms with Gasteiger partial charge in [0.05, 0.1) is 26.4 Å². The minimum atomic E-state index is -4.97. The molecule has 0 amide bonds. The highest BCUT2D eigenvalue weighted by Gasteiger charge is 2.31. The lowest BCUT2D eigenvalue weighted by atomic mass is 10.0. The van der Waals surface area contributed by atoms with Gasteiger partial charge >= 0.3 is 39.5 Å². The number of carbonyl (C=O) groups is 4. The van der Waals surface area contributed by atoms with Crippen LogP contribution in [0.1, 0.15) is 529 Å². The lowest BCUT2D eigenvalue weighted by Gasteiger charge is -2.21. The summed E-state index contributed by atoms with van der Waals surface area (Å²) in [6.07, 6.45) is 86.7. The SMILES string of the molecule is CCCCCCCCCCCCCCCCCCCCCCCCC(=O)OC[C@H](COP(=O)(O)OC[C@@H](O)COP(=O)(O)OC[C@@H](COC(=O)CCCCCCCCCC(C)C)OC(=O)CCCCCCCCCCCCCCCCCCCCCCC)OC(=O)CCCCCCCCCCCCCCCCCCCCCCCC. The minimum absolute atomic E-state index is 0.109. The second kappa shape index (κ2) is 88.4. The Hall–Kier alpha value is -1.94. The maximum absolute atomic E-state index is 13.2. The van der Waals surface area contributed by atoms with Gasteiger partial charge in [0.15, 0.2) is 12.2 Å². The van der Waals surface area contributed by atoms with E-state index in [4.69, 9.17) is 37.0 Å². The number of esters is 4. The first kappa shape index (κ1) is 113. The van der Waals surface area contributed by atoms with Gasteiger partial charge < -0.3 is 33.8 Å². The summed E-state index contributed by atoms with van der Waals surface area (Å²) < 4.78 is 69.2. The number of phosphoric acid groups is 2. The zero-order valence-corrected chi connectivity index (χ0v) is 77.7. The molecule has 0 bridgehead atoms. The molecule has 115 heavy (non-hydrogen) atoms. The van der Waals surface area contributed by atoms with Crippen LogP contribution in [0.5, 0.6) is 0 Å². The van der Waals surface area contributed by atoms with E-state index >= 15 is 0 Å². The molecule has 0 spiro atoms. The molecule has 0 saturated carbocycles. The van der Waals surface area contributed by atoms with E-state index in [0.29, 0.717) is 31.6 Å². The van der Waals surface area contributed by atoms with Crippen LogP contribution >= 0.6 is 15.6 Å². The van der Waals surface area contributed by atoms with Gasteiger partial charge in [-0.2, -0.15) is 0 Å². The monoisotopic (exact) mass is 1680 g/mol. The van der Waals surface area contributed by atoms with E-state index in [1.807, 2.05) is 0 Å². The average Bonchev–Trinajstić information content (AvgIpc) is 0.896. The summed E-state index contributed by atoms with van der Waals surface area (Å²) in [5.74, 6) is -1.39. The molecule has 0 aromatic heterocycles. The van der Waals surface area contributed by atoms with Crippen LogP contribution in [0, 0.1) is 5.92 Å². The van der Waals surface area contributed by atoms with Gasteiger partial charge in [-0.3, -0.25) is 37.3 Å². The van der Waals surface area contributed by atoms with Crippen molar-refractivity contribution >= 4 is 39.5 Å². The first-order valence-electron chi connectivity index (χ1n) is 49.6. The van der Waals surface area contributed by atoms with E-state index in [1.54, 1.807) is 0 Å². The van der Waals surface area contributed by atoms with Gasteiger partial charge in [0.25, 0.3) is 0 Å². The highest BCUT2D eigenvalue weighted by Crippen LogP contribution is 2.45. The molecule has 0 radical (unpaired) electrons. The van der Waals surface area contributed by atoms with Crippen molar-refractivity contribution in [3.8, 4) is 0 Å². The fourth-order valence-corrected chi connectivity index (χ4v) is 16.8. The van der Waals surface area contributed by atoms with Gasteiger partial charge in [-0.05, 0) is 31.6 Å². The van der Waals surface area contributed by atoms with Crippen LogP contribution in [0.4, 0.5) is 0 Å². The zero-order valence-electron chi connectivity index (χ0n) is 76.0. The van der Waals surface area contributed by atoms with E-state index in [9.17, 15) is 43.2 Å². The quantitative estimate of drug-likeness (QED) is 0.0222. The summed E-state index contributed by atoms with van der Waals surface area (Å²) in [6, 6.07) is 0. The molecule has 3 N–H and O–H groups in total. The molecule has 17 nitrogen and oxygen atoms in total. The van der Waals surface area contributed by atoms with E-state index in [1.165, 1.54) is 347 Å². The number of aliphatic hydroxyl groups excluding tert-OH is 1. The average molecular weight is 1680 g/mol. The molecule has 2 unspecified atom stereocenters. The fraction of sp³-hybridized carbons (Fsp3) is 0.958. The highest BCUT2D eigenvalue weighted by atomic mass is 31.2. The molecule has 0 aliphatic rings. The van der Waals surface area contributed by atoms with E-state index in [0.717, 1.165) is 96.3 Å². The third-order valence-corrected chi connectivity index (χ3v) is 24.7. The number of unbranched alkanes of at least 4 members (excludes halogenated alkanes) is 68. The summed E-state index contributed by atoms with van der Waals surface area (Å²) in [5.41, 5.74) is 0. The molecule has 0 fully saturated rings. The number of rotatable bonds is 96. The van der Waals surface area contributed by atoms with Crippen LogP contribution in [0.3, 0.4) is 0 Å². The van der Waals surface area contributed by atoms with Gasteiger partial charge in [0, 0.05) is 25.7 Å². The van der Waals surface area contributed by atoms with Gasteiger partial charge in [0.1, 0.15) is 19.3 Å². The van der Waals surface area contributed by atoms with Crippen molar-refractivity contribution in [1.29, 1.82) is 0 Å². The molecule has 0 aliphatic carbocycles. The van der Waals surface area contributed by atoms with Gasteiger partial charge in [-0.25, -0.2) is 9.13 Å². The Bertz CT molecular complexity index is 2170. The third-order valence-electron chi connectivity index (χ3n) is 22.8. The Labute approximate surface area is 708 Å². The van der Waals surface area contributed by atoms with Crippen molar-refractivity contribution < 1.29 is 80.2 Å². The normalized spacial score (nSPS) is 13.6. The first-order chi connectivity index (χ1) is 56.0. The Kier molecular flexibility index (Phi) is 86.9. The second-order valence-corrected chi connectivity index (χ2v) is 37.8. The summed E-state index contributed by atoms with van der Waals surface area (Å²) in [4.78, 5) is 73.5. The molecule has 684 valence electrons. The third kappa shape index (κ3) is 89.6. The van der Waals surface area contributed by atoms with Crippen LogP contribution in [0.2, 0.25) is 0 Å². The lowest BCUT2D eigenvalue weighted by Crippen LogP contribution is -2.30. The maximum Gasteiger partial charge on any atom is 0.472 e. The largest absolute Gasteiger partial charge is 0.472 e. The number of phosphoric ester groups is 2. The lowest BCUT2D eigenvalue weighted by molar-refractivity contribution is -0.161. The van der Waals surface area contributed by atoms with E-state index in [2.05, 4.69) is 34.6 Å². The smallest absolute Gasteiger partial charge is 0.462 e. The Morgan fingerprint density at radius 2 is 0.400 bits per heavy atom. The Balaban J connectivity index is 5.19. The predicted molar refractivity (Wildman–Crippen MR) is 479 cm³/mol. The molecule has 19 heteroatoms. The molecule has 0 saturated heterocycles. The van der Waals surface area contributed by atoms with Crippen LogP contribution < -0.4 is 0 Å². The van der Waals surface area contributed by atoms with Crippen molar-refractivity contribution in [2.24, 2.45) is 5.92 Å². The Morgan fingerprint density at radius 3 is 0.591 bits per heavy atom. The molecule has 0 heterocycles. The van der Waals surface area contributed by atoms with Crippen molar-refractivity contribution in [3.05, 3.63) is 0 Å².